The number of aromatic nitrogens is 2. The highest BCUT2D eigenvalue weighted by Gasteiger charge is 2.16. The number of nitrogens with zero attached hydrogens (tertiary/aromatic N) is 3. The molecule has 0 saturated heterocycles. The van der Waals surface area contributed by atoms with E-state index in [2.05, 4.69) is 37.6 Å². The van der Waals surface area contributed by atoms with Crippen molar-refractivity contribution >= 4 is 28.6 Å². The molecular weight excluding hydrogens is 348 g/mol. The van der Waals surface area contributed by atoms with Crippen molar-refractivity contribution in [3.63, 3.8) is 0 Å². The maximum absolute atomic E-state index is 13.0. The third kappa shape index (κ3) is 5.08. The Hall–Kier alpha value is -1.86. The summed E-state index contributed by atoms with van der Waals surface area (Å²) in [5.74, 6) is 0.163. The predicted molar refractivity (Wildman–Crippen MR) is 108 cm³/mol. The van der Waals surface area contributed by atoms with Gasteiger partial charge in [-0.3, -0.25) is 19.1 Å². The Morgan fingerprint density at radius 1 is 1.23 bits per heavy atom. The molecule has 7 heteroatoms. The van der Waals surface area contributed by atoms with Crippen molar-refractivity contribution in [2.45, 2.75) is 57.9 Å². The van der Waals surface area contributed by atoms with Gasteiger partial charge in [-0.25, -0.2) is 4.98 Å². The van der Waals surface area contributed by atoms with E-state index in [-0.39, 0.29) is 17.9 Å². The van der Waals surface area contributed by atoms with Crippen molar-refractivity contribution in [3.05, 3.63) is 34.6 Å². The molecule has 2 aromatic rings. The van der Waals surface area contributed by atoms with Gasteiger partial charge in [0.15, 0.2) is 5.16 Å². The van der Waals surface area contributed by atoms with Gasteiger partial charge in [0.2, 0.25) is 5.91 Å². The average molecular weight is 377 g/mol. The average Bonchev–Trinajstić information content (AvgIpc) is 2.56. The molecule has 1 amide bonds. The van der Waals surface area contributed by atoms with Crippen LogP contribution in [0.2, 0.25) is 0 Å². The number of thioether (sulfide) groups is 1. The van der Waals surface area contributed by atoms with Crippen LogP contribution in [0.5, 0.6) is 0 Å². The maximum atomic E-state index is 13.0. The molecule has 0 atom stereocenters. The van der Waals surface area contributed by atoms with Gasteiger partial charge in [0, 0.05) is 37.3 Å². The first-order chi connectivity index (χ1) is 12.3. The summed E-state index contributed by atoms with van der Waals surface area (Å²) in [6, 6.07) is 8.16. The van der Waals surface area contributed by atoms with Crippen LogP contribution in [0, 0.1) is 0 Å². The Morgan fingerprint density at radius 3 is 2.50 bits per heavy atom. The number of rotatable bonds is 9. The molecule has 26 heavy (non-hydrogen) atoms. The summed E-state index contributed by atoms with van der Waals surface area (Å²) in [6.07, 6.45) is 0.261. The first-order valence-corrected chi connectivity index (χ1v) is 9.96. The summed E-state index contributed by atoms with van der Waals surface area (Å²) in [6.45, 7) is 9.95. The Kier molecular flexibility index (Phi) is 7.23. The molecular formula is C19H28N4O2S. The molecule has 1 aromatic carbocycles. The smallest absolute Gasteiger partial charge is 0.262 e. The lowest BCUT2D eigenvalue weighted by molar-refractivity contribution is -0.117. The molecule has 2 N–H and O–H groups in total. The lowest BCUT2D eigenvalue weighted by Gasteiger charge is -2.30. The fourth-order valence-electron chi connectivity index (χ4n) is 3.03. The number of fused-ring (bicyclic) bond motifs is 1. The Labute approximate surface area is 158 Å². The zero-order valence-corrected chi connectivity index (χ0v) is 16.8. The molecule has 2 rings (SSSR count). The summed E-state index contributed by atoms with van der Waals surface area (Å²) in [7, 11) is 0. The summed E-state index contributed by atoms with van der Waals surface area (Å²) in [5.41, 5.74) is 5.88. The molecule has 1 heterocycles. The minimum atomic E-state index is -0.349. The molecule has 0 saturated carbocycles. The van der Waals surface area contributed by atoms with Crippen LogP contribution in [-0.4, -0.2) is 44.7 Å². The van der Waals surface area contributed by atoms with Crippen molar-refractivity contribution in [2.24, 2.45) is 5.73 Å². The summed E-state index contributed by atoms with van der Waals surface area (Å²) in [5, 5.41) is 1.26. The second-order valence-electron chi connectivity index (χ2n) is 6.86. The standard InChI is InChI=1S/C19H28N4O2S/c1-13(2)22(14(3)4)10-11-23-18(25)15-7-5-6-8-16(15)21-19(23)26-12-9-17(20)24/h5-8,13-14H,9-12H2,1-4H3,(H2,20,24). The van der Waals surface area contributed by atoms with Gasteiger partial charge in [-0.2, -0.15) is 0 Å². The van der Waals surface area contributed by atoms with E-state index in [0.29, 0.717) is 40.4 Å². The maximum Gasteiger partial charge on any atom is 0.262 e. The molecule has 0 fully saturated rings. The van der Waals surface area contributed by atoms with Crippen molar-refractivity contribution in [1.82, 2.24) is 14.5 Å². The molecule has 0 aliphatic carbocycles. The van der Waals surface area contributed by atoms with Gasteiger partial charge in [-0.1, -0.05) is 23.9 Å². The molecule has 0 aliphatic heterocycles. The van der Waals surface area contributed by atoms with E-state index in [1.807, 2.05) is 24.3 Å². The third-order valence-electron chi connectivity index (χ3n) is 4.31. The van der Waals surface area contributed by atoms with Gasteiger partial charge in [-0.15, -0.1) is 0 Å². The minimum absolute atomic E-state index is 0.0374. The number of carbonyl (C=O) groups excluding carboxylic acids is 1. The van der Waals surface area contributed by atoms with Crippen LogP contribution >= 0.6 is 11.8 Å². The molecule has 142 valence electrons. The van der Waals surface area contributed by atoms with Crippen LogP contribution in [0.3, 0.4) is 0 Å². The van der Waals surface area contributed by atoms with Crippen molar-refractivity contribution in [2.75, 3.05) is 12.3 Å². The molecule has 1 aromatic heterocycles. The Balaban J connectivity index is 2.35. The van der Waals surface area contributed by atoms with Gasteiger partial charge >= 0.3 is 0 Å². The molecule has 0 spiro atoms. The highest BCUT2D eigenvalue weighted by atomic mass is 32.2. The Morgan fingerprint density at radius 2 is 1.88 bits per heavy atom. The Bertz CT molecular complexity index is 809. The normalized spacial score (nSPS) is 11.8. The second kappa shape index (κ2) is 9.19. The number of benzene rings is 1. The topological polar surface area (TPSA) is 81.2 Å². The highest BCUT2D eigenvalue weighted by Crippen LogP contribution is 2.19. The van der Waals surface area contributed by atoms with Gasteiger partial charge in [0.05, 0.1) is 10.9 Å². The lowest BCUT2D eigenvalue weighted by atomic mass is 10.2. The molecule has 0 aliphatic rings. The minimum Gasteiger partial charge on any atom is -0.370 e. The van der Waals surface area contributed by atoms with Gasteiger partial charge < -0.3 is 5.73 Å². The summed E-state index contributed by atoms with van der Waals surface area (Å²) >= 11 is 1.41. The van der Waals surface area contributed by atoms with Crippen molar-refractivity contribution in [1.29, 1.82) is 0 Å². The fourth-order valence-corrected chi connectivity index (χ4v) is 4.00. The first kappa shape index (κ1) is 20.5. The van der Waals surface area contributed by atoms with E-state index in [9.17, 15) is 9.59 Å². The van der Waals surface area contributed by atoms with Gasteiger partial charge in [0.1, 0.15) is 0 Å². The number of carbonyl (C=O) groups is 1. The number of primary amides is 1. The van der Waals surface area contributed by atoms with E-state index < -0.39 is 0 Å². The van der Waals surface area contributed by atoms with Crippen LogP contribution < -0.4 is 11.3 Å². The zero-order chi connectivity index (χ0) is 19.3. The predicted octanol–water partition coefficient (Wildman–Crippen LogP) is 2.48. The summed E-state index contributed by atoms with van der Waals surface area (Å²) < 4.78 is 1.73. The fraction of sp³-hybridized carbons (Fsp3) is 0.526. The number of hydrogen-bond acceptors (Lipinski definition) is 5. The third-order valence-corrected chi connectivity index (χ3v) is 5.29. The number of amides is 1. The number of para-hydroxylation sites is 1. The second-order valence-corrected chi connectivity index (χ2v) is 7.92. The molecule has 0 bridgehead atoms. The van der Waals surface area contributed by atoms with Crippen LogP contribution in [0.4, 0.5) is 0 Å². The van der Waals surface area contributed by atoms with E-state index in [4.69, 9.17) is 5.73 Å². The van der Waals surface area contributed by atoms with E-state index in [0.717, 1.165) is 6.54 Å². The van der Waals surface area contributed by atoms with Crippen molar-refractivity contribution in [3.8, 4) is 0 Å². The van der Waals surface area contributed by atoms with Crippen LogP contribution in [-0.2, 0) is 11.3 Å². The van der Waals surface area contributed by atoms with Crippen LogP contribution in [0.1, 0.15) is 34.1 Å². The zero-order valence-electron chi connectivity index (χ0n) is 15.9. The highest BCUT2D eigenvalue weighted by molar-refractivity contribution is 7.99. The number of hydrogen-bond donors (Lipinski definition) is 1. The van der Waals surface area contributed by atoms with E-state index in [1.165, 1.54) is 11.8 Å². The molecule has 0 unspecified atom stereocenters. The van der Waals surface area contributed by atoms with Crippen molar-refractivity contribution < 1.29 is 4.79 Å². The van der Waals surface area contributed by atoms with Gasteiger partial charge in [0.25, 0.3) is 5.56 Å². The van der Waals surface area contributed by atoms with E-state index >= 15 is 0 Å². The summed E-state index contributed by atoms with van der Waals surface area (Å²) in [4.78, 5) is 31.0. The lowest BCUT2D eigenvalue weighted by Crippen LogP contribution is -2.40. The quantitative estimate of drug-likeness (QED) is 0.537. The molecule has 6 nitrogen and oxygen atoms in total. The first-order valence-electron chi connectivity index (χ1n) is 8.97. The largest absolute Gasteiger partial charge is 0.370 e. The molecule has 0 radical (unpaired) electrons. The van der Waals surface area contributed by atoms with Crippen LogP contribution in [0.25, 0.3) is 10.9 Å². The monoisotopic (exact) mass is 376 g/mol. The van der Waals surface area contributed by atoms with Gasteiger partial charge in [-0.05, 0) is 39.8 Å². The van der Waals surface area contributed by atoms with E-state index in [1.54, 1.807) is 4.57 Å². The number of nitrogens with two attached hydrogens (primary N) is 1. The van der Waals surface area contributed by atoms with Crippen LogP contribution in [0.15, 0.2) is 34.2 Å². The SMILES string of the molecule is CC(C)N(CCn1c(SCCC(N)=O)nc2ccccc2c1=O)C(C)C.